The summed E-state index contributed by atoms with van der Waals surface area (Å²) in [6.07, 6.45) is 2.61. The maximum absolute atomic E-state index is 3.99. The Bertz CT molecular complexity index is 690. The molecule has 2 aliphatic rings. The van der Waals surface area contributed by atoms with Gasteiger partial charge in [-0.2, -0.15) is 0 Å². The number of nitrogens with zero attached hydrogens (tertiary/aromatic N) is 2. The molecular weight excluding hydrogens is 403 g/mol. The molecule has 2 aliphatic heterocycles. The second-order valence-corrected chi connectivity index (χ2v) is 7.35. The zero-order valence-electron chi connectivity index (χ0n) is 14.5. The number of anilines is 4. The van der Waals surface area contributed by atoms with Gasteiger partial charge in [0.05, 0.1) is 11.4 Å². The van der Waals surface area contributed by atoms with Crippen LogP contribution in [0.15, 0.2) is 46.2 Å². The fraction of sp³-hybridized carbons (Fsp3) is 0.300. The Morgan fingerprint density at radius 1 is 0.960 bits per heavy atom. The molecule has 2 heterocycles. The number of rotatable bonds is 4. The van der Waals surface area contributed by atoms with E-state index < -0.39 is 0 Å². The molecule has 0 saturated carbocycles. The van der Waals surface area contributed by atoms with Crippen LogP contribution in [0.25, 0.3) is 0 Å². The minimum absolute atomic E-state index is 0. The molecule has 0 bridgehead atoms. The van der Waals surface area contributed by atoms with Gasteiger partial charge >= 0.3 is 0 Å². The van der Waals surface area contributed by atoms with E-state index in [1.54, 1.807) is 0 Å². The van der Waals surface area contributed by atoms with Gasteiger partial charge in [0, 0.05) is 67.0 Å². The standard InChI is InChI=1S/C20H23N3S.Y/c1-3-22(4-2)15-7-9-17-19(13-15)24-20-14-16(8-10-18(20)21-17)23-11-5-6-12-23;/h7-10,13-14,21H,1-6,11-12H2;/q-2;. The summed E-state index contributed by atoms with van der Waals surface area (Å²) in [5, 5.41) is 3.57. The van der Waals surface area contributed by atoms with Crippen molar-refractivity contribution in [1.29, 1.82) is 0 Å². The first kappa shape index (κ1) is 19.1. The first-order valence-corrected chi connectivity index (χ1v) is 9.41. The molecule has 3 nitrogen and oxygen atoms in total. The van der Waals surface area contributed by atoms with E-state index in [1.807, 2.05) is 11.8 Å². The number of fused-ring (bicyclic) bond motifs is 2. The number of hydrogen-bond donors (Lipinski definition) is 1. The molecule has 0 unspecified atom stereocenters. The summed E-state index contributed by atoms with van der Waals surface area (Å²) in [7, 11) is 0. The smallest absolute Gasteiger partial charge is 0.0527 e. The second-order valence-electron chi connectivity index (χ2n) is 6.27. The summed E-state index contributed by atoms with van der Waals surface area (Å²) >= 11 is 1.85. The van der Waals surface area contributed by atoms with Crippen molar-refractivity contribution in [3.63, 3.8) is 0 Å². The summed E-state index contributed by atoms with van der Waals surface area (Å²) in [5.74, 6) is 0. The van der Waals surface area contributed by atoms with Crippen LogP contribution in [0, 0.1) is 13.8 Å². The monoisotopic (exact) mass is 426 g/mol. The number of benzene rings is 2. The molecule has 0 spiro atoms. The molecule has 0 amide bonds. The Morgan fingerprint density at radius 3 is 2.28 bits per heavy atom. The third-order valence-corrected chi connectivity index (χ3v) is 5.91. The van der Waals surface area contributed by atoms with E-state index in [9.17, 15) is 0 Å². The minimum atomic E-state index is 0. The molecule has 2 aromatic rings. The van der Waals surface area contributed by atoms with E-state index in [1.165, 1.54) is 58.5 Å². The van der Waals surface area contributed by atoms with Crippen molar-refractivity contribution < 1.29 is 32.7 Å². The zero-order chi connectivity index (χ0) is 16.5. The fourth-order valence-electron chi connectivity index (χ4n) is 3.40. The topological polar surface area (TPSA) is 18.5 Å². The normalized spacial score (nSPS) is 15.0. The Hall–Kier alpha value is -0.706. The molecule has 1 radical (unpaired) electrons. The van der Waals surface area contributed by atoms with Crippen LogP contribution in [0.5, 0.6) is 0 Å². The molecule has 25 heavy (non-hydrogen) atoms. The molecule has 1 N–H and O–H groups in total. The molecule has 4 rings (SSSR count). The summed E-state index contributed by atoms with van der Waals surface area (Å²) < 4.78 is 0. The van der Waals surface area contributed by atoms with Crippen molar-refractivity contribution in [3.8, 4) is 0 Å². The predicted molar refractivity (Wildman–Crippen MR) is 105 cm³/mol. The maximum atomic E-state index is 3.99. The van der Waals surface area contributed by atoms with Crippen LogP contribution in [0.1, 0.15) is 12.8 Å². The fourth-order valence-corrected chi connectivity index (χ4v) is 4.45. The number of hydrogen-bond acceptors (Lipinski definition) is 4. The molecule has 0 aliphatic carbocycles. The van der Waals surface area contributed by atoms with Gasteiger partial charge in [-0.15, -0.1) is 13.1 Å². The molecule has 0 atom stereocenters. The van der Waals surface area contributed by atoms with E-state index in [2.05, 4.69) is 65.4 Å². The van der Waals surface area contributed by atoms with Gasteiger partial charge in [-0.25, -0.2) is 0 Å². The van der Waals surface area contributed by atoms with E-state index >= 15 is 0 Å². The largest absolute Gasteiger partial charge is 0.432 e. The van der Waals surface area contributed by atoms with Gasteiger partial charge in [-0.05, 0) is 49.2 Å². The maximum Gasteiger partial charge on any atom is 0.0527 e. The first-order chi connectivity index (χ1) is 11.8. The summed E-state index contributed by atoms with van der Waals surface area (Å²) in [6, 6.07) is 13.3. The third kappa shape index (κ3) is 3.86. The predicted octanol–water partition coefficient (Wildman–Crippen LogP) is 4.97. The van der Waals surface area contributed by atoms with Crippen molar-refractivity contribution in [3.05, 3.63) is 50.2 Å². The van der Waals surface area contributed by atoms with Crippen molar-refractivity contribution in [1.82, 2.24) is 0 Å². The van der Waals surface area contributed by atoms with Crippen molar-refractivity contribution in [2.45, 2.75) is 22.6 Å². The molecule has 0 aromatic heterocycles. The van der Waals surface area contributed by atoms with Crippen LogP contribution in [-0.2, 0) is 32.7 Å². The summed E-state index contributed by atoms with van der Waals surface area (Å²) in [4.78, 5) is 7.24. The third-order valence-electron chi connectivity index (χ3n) is 4.80. The first-order valence-electron chi connectivity index (χ1n) is 8.60. The Kier molecular flexibility index (Phi) is 6.35. The van der Waals surface area contributed by atoms with Gasteiger partial charge in [0.25, 0.3) is 0 Å². The van der Waals surface area contributed by atoms with Crippen molar-refractivity contribution in [2.24, 2.45) is 0 Å². The van der Waals surface area contributed by atoms with Gasteiger partial charge in [-0.3, -0.25) is 0 Å². The van der Waals surface area contributed by atoms with Crippen LogP contribution in [0.4, 0.5) is 22.7 Å². The average Bonchev–Trinajstić information content (AvgIpc) is 3.15. The van der Waals surface area contributed by atoms with E-state index in [0.29, 0.717) is 0 Å². The summed E-state index contributed by atoms with van der Waals surface area (Å²) in [5.41, 5.74) is 4.91. The van der Waals surface area contributed by atoms with E-state index in [4.69, 9.17) is 0 Å². The SMILES string of the molecule is [CH2-]CN(C[CH2-])c1ccc2c(c1)Sc1cc(N3CCCC3)ccc1N2.[Y]. The van der Waals surface area contributed by atoms with Crippen LogP contribution >= 0.6 is 11.8 Å². The van der Waals surface area contributed by atoms with Crippen LogP contribution in [-0.4, -0.2) is 26.2 Å². The molecule has 1 fully saturated rings. The van der Waals surface area contributed by atoms with E-state index in [0.717, 1.165) is 13.1 Å². The van der Waals surface area contributed by atoms with Crippen molar-refractivity contribution >= 4 is 34.5 Å². The van der Waals surface area contributed by atoms with E-state index in [-0.39, 0.29) is 32.7 Å². The quantitative estimate of drug-likeness (QED) is 0.594. The van der Waals surface area contributed by atoms with Gasteiger partial charge in [-0.1, -0.05) is 11.8 Å². The molecule has 5 heteroatoms. The zero-order valence-corrected chi connectivity index (χ0v) is 18.2. The summed E-state index contributed by atoms with van der Waals surface area (Å²) in [6.45, 7) is 11.8. The molecule has 129 valence electrons. The second kappa shape index (κ2) is 8.32. The molecular formula is C20H23N3SY-2. The molecule has 2 aromatic carbocycles. The Labute approximate surface area is 180 Å². The van der Waals surface area contributed by atoms with Crippen molar-refractivity contribution in [2.75, 3.05) is 41.3 Å². The average molecular weight is 426 g/mol. The van der Waals surface area contributed by atoms with Crippen LogP contribution < -0.4 is 15.1 Å². The number of nitrogens with one attached hydrogen (secondary N) is 1. The van der Waals surface area contributed by atoms with Gasteiger partial charge in [0.1, 0.15) is 0 Å². The van der Waals surface area contributed by atoms with Crippen LogP contribution in [0.3, 0.4) is 0 Å². The minimum Gasteiger partial charge on any atom is -0.432 e. The Balaban J connectivity index is 0.00000182. The van der Waals surface area contributed by atoms with Gasteiger partial charge in [0.15, 0.2) is 0 Å². The van der Waals surface area contributed by atoms with Gasteiger partial charge in [0.2, 0.25) is 0 Å². The Morgan fingerprint density at radius 2 is 1.60 bits per heavy atom. The molecule has 1 saturated heterocycles. The van der Waals surface area contributed by atoms with Gasteiger partial charge < -0.3 is 29.0 Å². The van der Waals surface area contributed by atoms with Crippen LogP contribution in [0.2, 0.25) is 0 Å².